The number of anilines is 1. The quantitative estimate of drug-likeness (QED) is 0.177. The van der Waals surface area contributed by atoms with Gasteiger partial charge in [-0.2, -0.15) is 0 Å². The Bertz CT molecular complexity index is 1930. The van der Waals surface area contributed by atoms with Crippen LogP contribution in [-0.4, -0.2) is 68.4 Å². The number of morpholine rings is 1. The number of unbranched alkanes of at least 4 members (excludes halogenated alkanes) is 3. The number of aromatic amines is 1. The fourth-order valence-corrected chi connectivity index (χ4v) is 14.9. The molecule has 5 saturated carbocycles. The molecule has 294 valence electrons. The van der Waals surface area contributed by atoms with Crippen LogP contribution in [0.25, 0.3) is 22.4 Å². The minimum Gasteiger partial charge on any atom is -0.378 e. The summed E-state index contributed by atoms with van der Waals surface area (Å²) in [4.78, 5) is 20.1. The normalized spacial score (nSPS) is 35.6. The summed E-state index contributed by atoms with van der Waals surface area (Å²) in [7, 11) is -2.93. The Morgan fingerprint density at radius 3 is 2.67 bits per heavy atom. The number of fused-ring (bicyclic) bond motifs is 6. The number of nitrogens with zero attached hydrogens (tertiary/aromatic N) is 4. The van der Waals surface area contributed by atoms with E-state index in [2.05, 4.69) is 35.6 Å². The van der Waals surface area contributed by atoms with E-state index in [1.165, 1.54) is 64.2 Å². The molecule has 9 rings (SSSR count). The molecule has 9 nitrogen and oxygen atoms in total. The highest BCUT2D eigenvalue weighted by Gasteiger charge is 2.60. The standard InChI is InChI=1S/C44H64N6O3S/c1-30-29-52-26-24-50(30)39-28-37(48-41(49-39)33-17-23-47-40-32(33)16-22-46-40)44(20-21-44)54(45,51)27-9-5-4-8-25-53-38-14-13-35-34-12-11-31-10-6-7-18-42(31,2)36(34)15-19-43(35,38)3/h16-17,22-23,28,30-31,34-36,38,45H,4-15,18-21,24-27,29H2,1-3H3,(H,46,47)/t30-,31-,34+,35+,36+,38+,42+,43+,54?/m1/s1. The van der Waals surface area contributed by atoms with Crippen molar-refractivity contribution in [2.45, 2.75) is 140 Å². The molecule has 1 saturated heterocycles. The topological polar surface area (TPSA) is 117 Å². The van der Waals surface area contributed by atoms with Gasteiger partial charge in [0.25, 0.3) is 0 Å². The molecule has 0 amide bonds. The van der Waals surface area contributed by atoms with E-state index in [9.17, 15) is 8.99 Å². The van der Waals surface area contributed by atoms with Crippen LogP contribution in [0.1, 0.15) is 129 Å². The minimum atomic E-state index is -2.93. The number of pyridine rings is 1. The van der Waals surface area contributed by atoms with E-state index in [1.54, 1.807) is 6.20 Å². The van der Waals surface area contributed by atoms with Gasteiger partial charge in [0.1, 0.15) is 11.5 Å². The number of aromatic nitrogens is 4. The Morgan fingerprint density at radius 1 is 0.963 bits per heavy atom. The van der Waals surface area contributed by atoms with Gasteiger partial charge in [-0.1, -0.05) is 39.5 Å². The van der Waals surface area contributed by atoms with Crippen molar-refractivity contribution < 1.29 is 13.7 Å². The van der Waals surface area contributed by atoms with Crippen LogP contribution in [0.5, 0.6) is 0 Å². The number of nitrogens with one attached hydrogen (secondary N) is 2. The summed E-state index contributed by atoms with van der Waals surface area (Å²) >= 11 is 0. The van der Waals surface area contributed by atoms with E-state index < -0.39 is 14.5 Å². The van der Waals surface area contributed by atoms with Crippen molar-refractivity contribution in [2.75, 3.05) is 37.0 Å². The van der Waals surface area contributed by atoms with Crippen LogP contribution in [0.15, 0.2) is 30.6 Å². The van der Waals surface area contributed by atoms with Crippen molar-refractivity contribution >= 4 is 26.6 Å². The molecule has 0 spiro atoms. The highest BCUT2D eigenvalue weighted by Crippen LogP contribution is 2.66. The molecule has 0 aromatic carbocycles. The zero-order valence-corrected chi connectivity index (χ0v) is 33.9. The van der Waals surface area contributed by atoms with Gasteiger partial charge in [-0.15, -0.1) is 0 Å². The third-order valence-corrected chi connectivity index (χ3v) is 18.8. The maximum atomic E-state index is 14.4. The monoisotopic (exact) mass is 756 g/mol. The molecule has 6 fully saturated rings. The number of H-pyrrole nitrogens is 1. The van der Waals surface area contributed by atoms with E-state index in [1.807, 2.05) is 24.4 Å². The zero-order chi connectivity index (χ0) is 37.1. The fourth-order valence-electron chi connectivity index (χ4n) is 12.7. The summed E-state index contributed by atoms with van der Waals surface area (Å²) < 4.78 is 35.5. The van der Waals surface area contributed by atoms with Gasteiger partial charge >= 0.3 is 0 Å². The Balaban J connectivity index is 0.810. The summed E-state index contributed by atoms with van der Waals surface area (Å²) in [5, 5.41) is 0.960. The largest absolute Gasteiger partial charge is 0.378 e. The lowest BCUT2D eigenvalue weighted by Crippen LogP contribution is -2.53. The summed E-state index contributed by atoms with van der Waals surface area (Å²) in [6.07, 6.45) is 23.6. The molecule has 5 aliphatic carbocycles. The van der Waals surface area contributed by atoms with Crippen molar-refractivity contribution in [3.05, 3.63) is 36.3 Å². The van der Waals surface area contributed by atoms with Crippen LogP contribution in [0.2, 0.25) is 0 Å². The maximum absolute atomic E-state index is 14.4. The van der Waals surface area contributed by atoms with Crippen molar-refractivity contribution in [2.24, 2.45) is 34.5 Å². The smallest absolute Gasteiger partial charge is 0.162 e. The van der Waals surface area contributed by atoms with Gasteiger partial charge in [0, 0.05) is 48.3 Å². The first-order valence-electron chi connectivity index (χ1n) is 21.7. The van der Waals surface area contributed by atoms with E-state index in [4.69, 9.17) is 19.4 Å². The fraction of sp³-hybridized carbons (Fsp3) is 0.750. The molecule has 54 heavy (non-hydrogen) atoms. The molecule has 3 aromatic heterocycles. The van der Waals surface area contributed by atoms with Crippen molar-refractivity contribution in [3.8, 4) is 11.4 Å². The highest BCUT2D eigenvalue weighted by atomic mass is 32.2. The van der Waals surface area contributed by atoms with E-state index in [0.29, 0.717) is 41.7 Å². The molecule has 9 atom stereocenters. The average Bonchev–Trinajstić information content (AvgIpc) is 3.75. The Kier molecular flexibility index (Phi) is 9.90. The molecule has 2 N–H and O–H groups in total. The summed E-state index contributed by atoms with van der Waals surface area (Å²) in [5.74, 6) is 5.54. The summed E-state index contributed by atoms with van der Waals surface area (Å²) in [6.45, 7) is 10.3. The van der Waals surface area contributed by atoms with Crippen LogP contribution in [0.3, 0.4) is 0 Å². The average molecular weight is 757 g/mol. The van der Waals surface area contributed by atoms with Crippen molar-refractivity contribution in [3.63, 3.8) is 0 Å². The van der Waals surface area contributed by atoms with Crippen molar-refractivity contribution in [1.29, 1.82) is 4.78 Å². The van der Waals surface area contributed by atoms with Gasteiger partial charge in [-0.25, -0.2) is 19.2 Å². The number of hydrogen-bond acceptors (Lipinski definition) is 8. The zero-order valence-electron chi connectivity index (χ0n) is 33.1. The van der Waals surface area contributed by atoms with Gasteiger partial charge in [0.2, 0.25) is 0 Å². The first kappa shape index (κ1) is 37.0. The molecule has 3 aromatic rings. The van der Waals surface area contributed by atoms with Crippen LogP contribution < -0.4 is 4.90 Å². The van der Waals surface area contributed by atoms with Crippen LogP contribution in [-0.2, 0) is 23.9 Å². The summed E-state index contributed by atoms with van der Waals surface area (Å²) in [6, 6.07) is 6.16. The molecule has 1 aliphatic heterocycles. The lowest BCUT2D eigenvalue weighted by atomic mass is 9.45. The second-order valence-electron chi connectivity index (χ2n) is 18.8. The third kappa shape index (κ3) is 6.32. The predicted octanol–water partition coefficient (Wildman–Crippen LogP) is 9.66. The first-order valence-corrected chi connectivity index (χ1v) is 23.4. The van der Waals surface area contributed by atoms with Gasteiger partial charge in [-0.05, 0) is 131 Å². The predicted molar refractivity (Wildman–Crippen MR) is 216 cm³/mol. The second-order valence-corrected chi connectivity index (χ2v) is 21.4. The molecular weight excluding hydrogens is 693 g/mol. The molecular formula is C44H64N6O3S. The number of ether oxygens (including phenoxy) is 2. The Morgan fingerprint density at radius 2 is 1.81 bits per heavy atom. The Hall–Kier alpha value is -2.56. The van der Waals surface area contributed by atoms with Gasteiger partial charge in [-0.3, -0.25) is 4.78 Å². The van der Waals surface area contributed by atoms with E-state index in [0.717, 1.165) is 103 Å². The van der Waals surface area contributed by atoms with Crippen LogP contribution >= 0.6 is 0 Å². The van der Waals surface area contributed by atoms with Crippen molar-refractivity contribution in [1.82, 2.24) is 19.9 Å². The van der Waals surface area contributed by atoms with E-state index >= 15 is 0 Å². The van der Waals surface area contributed by atoms with Gasteiger partial charge in [0.05, 0.1) is 45.5 Å². The van der Waals surface area contributed by atoms with E-state index in [-0.39, 0.29) is 6.04 Å². The second kappa shape index (κ2) is 14.4. The molecule has 10 heteroatoms. The van der Waals surface area contributed by atoms with Crippen LogP contribution in [0, 0.1) is 39.3 Å². The Labute approximate surface area is 323 Å². The molecule has 6 aliphatic rings. The SMILES string of the molecule is C[C@@H]1COCCN1c1cc(C2(S(=N)(=O)CCCCCCO[C@H]3CC[C@H]4[C@@H]5CC[C@H]6CCCC[C@]6(C)[C@H]5CC[C@]34C)CC2)nc(-c2ccnc3[nH]ccc23)n1. The first-order chi connectivity index (χ1) is 26.1. The maximum Gasteiger partial charge on any atom is 0.162 e. The number of rotatable bonds is 12. The lowest BCUT2D eigenvalue weighted by Gasteiger charge is -2.60. The summed E-state index contributed by atoms with van der Waals surface area (Å²) in [5.41, 5.74) is 3.39. The lowest BCUT2D eigenvalue weighted by molar-refractivity contribution is -0.130. The molecule has 0 bridgehead atoms. The van der Waals surface area contributed by atoms with Gasteiger partial charge < -0.3 is 19.4 Å². The molecule has 0 radical (unpaired) electrons. The third-order valence-electron chi connectivity index (χ3n) is 16.0. The molecule has 4 heterocycles. The minimum absolute atomic E-state index is 0.163. The highest BCUT2D eigenvalue weighted by molar-refractivity contribution is 7.93. The van der Waals surface area contributed by atoms with Crippen LogP contribution in [0.4, 0.5) is 5.82 Å². The number of hydrogen-bond donors (Lipinski definition) is 2. The van der Waals surface area contributed by atoms with Gasteiger partial charge in [0.15, 0.2) is 5.82 Å². The molecule has 1 unspecified atom stereocenters.